The predicted octanol–water partition coefficient (Wildman–Crippen LogP) is 1.91. The van der Waals surface area contributed by atoms with Gasteiger partial charge in [0.25, 0.3) is 0 Å². The van der Waals surface area contributed by atoms with Gasteiger partial charge in [-0.15, -0.1) is 0 Å². The molecule has 0 saturated carbocycles. The van der Waals surface area contributed by atoms with Crippen molar-refractivity contribution in [3.8, 4) is 0 Å². The molecule has 1 N–H and O–H groups in total. The average Bonchev–Trinajstić information content (AvgIpc) is 3.08. The topological polar surface area (TPSA) is 198 Å². The summed E-state index contributed by atoms with van der Waals surface area (Å²) in [5, 5.41) is 11.2. The van der Waals surface area contributed by atoms with Crippen molar-refractivity contribution in [1.82, 2.24) is 0 Å². The van der Waals surface area contributed by atoms with Gasteiger partial charge in [-0.25, -0.2) is 0 Å². The fourth-order valence-electron chi connectivity index (χ4n) is 5.78. The molecular weight excluding hydrogens is 688 g/mol. The lowest BCUT2D eigenvalue weighted by atomic mass is 9.97. The first-order valence-corrected chi connectivity index (χ1v) is 16.6. The number of rotatable bonds is 15. The van der Waals surface area contributed by atoms with Gasteiger partial charge in [-0.1, -0.05) is 60.7 Å². The van der Waals surface area contributed by atoms with Crippen LogP contribution >= 0.6 is 0 Å². The summed E-state index contributed by atoms with van der Waals surface area (Å²) in [7, 11) is 0. The molecule has 0 aliphatic carbocycles. The molecule has 16 nitrogen and oxygen atoms in total. The zero-order chi connectivity index (χ0) is 37.8. The number of carbonyl (C=O) groups is 5. The van der Waals surface area contributed by atoms with E-state index in [1.807, 2.05) is 60.7 Å². The molecule has 2 heterocycles. The van der Waals surface area contributed by atoms with Crippen LogP contribution in [0.25, 0.3) is 0 Å². The lowest BCUT2D eigenvalue weighted by molar-refractivity contribution is -0.336. The van der Waals surface area contributed by atoms with Gasteiger partial charge in [0.2, 0.25) is 0 Å². The molecule has 0 unspecified atom stereocenters. The second-order valence-electron chi connectivity index (χ2n) is 12.1. The van der Waals surface area contributed by atoms with Gasteiger partial charge < -0.3 is 52.5 Å². The van der Waals surface area contributed by atoms with Gasteiger partial charge in [-0.3, -0.25) is 24.0 Å². The van der Waals surface area contributed by atoms with Gasteiger partial charge in [0, 0.05) is 34.6 Å². The van der Waals surface area contributed by atoms with Crippen LogP contribution in [-0.2, 0) is 84.6 Å². The average molecular weight is 733 g/mol. The molecule has 0 bridgehead atoms. The van der Waals surface area contributed by atoms with Gasteiger partial charge >= 0.3 is 29.8 Å². The molecule has 4 rings (SSSR count). The van der Waals surface area contributed by atoms with Gasteiger partial charge in [0.05, 0.1) is 19.8 Å². The van der Waals surface area contributed by atoms with Crippen LogP contribution in [0.4, 0.5) is 0 Å². The van der Waals surface area contributed by atoms with E-state index in [0.717, 1.165) is 38.8 Å². The quantitative estimate of drug-likeness (QED) is 0.206. The highest BCUT2D eigenvalue weighted by Gasteiger charge is 2.54. The Kier molecular flexibility index (Phi) is 15.0. The summed E-state index contributed by atoms with van der Waals surface area (Å²) in [6.07, 6.45) is -13.5. The molecule has 2 aliphatic rings. The number of hydrogen-bond donors (Lipinski definition) is 1. The Morgan fingerprint density at radius 3 is 1.46 bits per heavy atom. The predicted molar refractivity (Wildman–Crippen MR) is 174 cm³/mol. The highest BCUT2D eigenvalue weighted by molar-refractivity contribution is 5.69. The van der Waals surface area contributed by atoms with E-state index in [2.05, 4.69) is 0 Å². The van der Waals surface area contributed by atoms with Crippen LogP contribution in [0.3, 0.4) is 0 Å². The SMILES string of the molecule is CC(=O)OC[C@H]1O[C@H](OC[C@H]2O[C@H](O)[C@@H](OCc3ccccc3)[C@@H](OC(C)=O)[C@@H]2OCc2ccccc2)[C@@H](OC(C)=O)[C@@H](OC(C)=O)[C@@H]1OC(C)=O. The fourth-order valence-corrected chi connectivity index (χ4v) is 5.78. The summed E-state index contributed by atoms with van der Waals surface area (Å²) in [6.45, 7) is 4.81. The van der Waals surface area contributed by atoms with Crippen LogP contribution in [0.2, 0.25) is 0 Å². The van der Waals surface area contributed by atoms with Crippen LogP contribution in [0.5, 0.6) is 0 Å². The van der Waals surface area contributed by atoms with Crippen molar-refractivity contribution in [1.29, 1.82) is 0 Å². The molecule has 52 heavy (non-hydrogen) atoms. The van der Waals surface area contributed by atoms with Gasteiger partial charge in [0.1, 0.15) is 31.0 Å². The summed E-state index contributed by atoms with van der Waals surface area (Å²) in [4.78, 5) is 60.8. The molecule has 10 atom stereocenters. The molecule has 0 amide bonds. The Morgan fingerprint density at radius 1 is 0.519 bits per heavy atom. The first-order valence-electron chi connectivity index (χ1n) is 16.6. The van der Waals surface area contributed by atoms with Gasteiger partial charge in [-0.05, 0) is 11.1 Å². The van der Waals surface area contributed by atoms with Crippen molar-refractivity contribution in [3.63, 3.8) is 0 Å². The third kappa shape index (κ3) is 11.8. The molecule has 16 heteroatoms. The number of benzene rings is 2. The Morgan fingerprint density at radius 2 is 0.962 bits per heavy atom. The Hall–Kier alpha value is -4.45. The largest absolute Gasteiger partial charge is 0.463 e. The number of hydrogen-bond acceptors (Lipinski definition) is 16. The minimum Gasteiger partial charge on any atom is -0.463 e. The lowest BCUT2D eigenvalue weighted by Gasteiger charge is -2.46. The summed E-state index contributed by atoms with van der Waals surface area (Å²) in [6, 6.07) is 18.3. The molecule has 2 aromatic carbocycles. The summed E-state index contributed by atoms with van der Waals surface area (Å²) in [5.41, 5.74) is 1.56. The maximum atomic E-state index is 12.4. The number of ether oxygens (including phenoxy) is 10. The Balaban J connectivity index is 1.65. The van der Waals surface area contributed by atoms with Crippen molar-refractivity contribution in [2.45, 2.75) is 109 Å². The smallest absolute Gasteiger partial charge is 0.303 e. The van der Waals surface area contributed by atoms with Crippen LogP contribution in [0.15, 0.2) is 60.7 Å². The van der Waals surface area contributed by atoms with Crippen LogP contribution < -0.4 is 0 Å². The molecule has 2 aliphatic heterocycles. The van der Waals surface area contributed by atoms with Crippen molar-refractivity contribution in [3.05, 3.63) is 71.8 Å². The van der Waals surface area contributed by atoms with E-state index >= 15 is 0 Å². The van der Waals surface area contributed by atoms with Crippen molar-refractivity contribution in [2.24, 2.45) is 0 Å². The van der Waals surface area contributed by atoms with E-state index in [4.69, 9.17) is 47.4 Å². The molecular formula is C36H44O16. The molecule has 0 aromatic heterocycles. The van der Waals surface area contributed by atoms with Gasteiger partial charge in [0.15, 0.2) is 37.0 Å². The first kappa shape index (κ1) is 40.3. The second-order valence-corrected chi connectivity index (χ2v) is 12.1. The van der Waals surface area contributed by atoms with E-state index in [1.165, 1.54) is 6.92 Å². The minimum atomic E-state index is -1.64. The normalized spacial score (nSPS) is 28.6. The lowest BCUT2D eigenvalue weighted by Crippen LogP contribution is -2.64. The Labute approximate surface area is 300 Å². The Bertz CT molecular complexity index is 1490. The van der Waals surface area contributed by atoms with Crippen LogP contribution in [0.1, 0.15) is 45.7 Å². The summed E-state index contributed by atoms with van der Waals surface area (Å²) < 4.78 is 57.7. The number of aliphatic hydroxyl groups is 1. The standard InChI is InChI=1S/C36H44O16/c1-20(37)43-18-28-30(47-21(2)38)32(49-23(4)40)34(50-24(5)41)36(52-28)46-19-27-29(44-16-25-12-8-6-9-13-25)31(48-22(3)39)33(35(42)51-27)45-17-26-14-10-7-11-15-26/h6-15,27-36,42H,16-19H2,1-5H3/t27-,28-,29-,30-,31+,32+,33+,34+,35+,36+/m1/s1. The fraction of sp³-hybridized carbons (Fsp3) is 0.528. The molecule has 0 radical (unpaired) electrons. The van der Waals surface area contributed by atoms with E-state index < -0.39 is 104 Å². The van der Waals surface area contributed by atoms with E-state index in [0.29, 0.717) is 0 Å². The monoisotopic (exact) mass is 732 g/mol. The zero-order valence-corrected chi connectivity index (χ0v) is 29.4. The third-order valence-corrected chi connectivity index (χ3v) is 7.85. The maximum Gasteiger partial charge on any atom is 0.303 e. The van der Waals surface area contributed by atoms with Crippen molar-refractivity contribution >= 4 is 29.8 Å². The zero-order valence-electron chi connectivity index (χ0n) is 29.4. The highest BCUT2D eigenvalue weighted by Crippen LogP contribution is 2.33. The van der Waals surface area contributed by atoms with E-state index in [1.54, 1.807) is 0 Å². The molecule has 0 spiro atoms. The summed E-state index contributed by atoms with van der Waals surface area (Å²) in [5.74, 6) is -3.79. The molecule has 2 fully saturated rings. The van der Waals surface area contributed by atoms with E-state index in [9.17, 15) is 29.1 Å². The molecule has 284 valence electrons. The number of aliphatic hydroxyl groups excluding tert-OH is 1. The molecule has 2 aromatic rings. The van der Waals surface area contributed by atoms with Crippen molar-refractivity contribution in [2.75, 3.05) is 13.2 Å². The molecule has 2 saturated heterocycles. The van der Waals surface area contributed by atoms with Crippen LogP contribution in [-0.4, -0.2) is 110 Å². The third-order valence-electron chi connectivity index (χ3n) is 7.85. The number of carbonyl (C=O) groups excluding carboxylic acids is 5. The van der Waals surface area contributed by atoms with Gasteiger partial charge in [-0.2, -0.15) is 0 Å². The second kappa shape index (κ2) is 19.4. The minimum absolute atomic E-state index is 0.0314. The summed E-state index contributed by atoms with van der Waals surface area (Å²) >= 11 is 0. The highest BCUT2D eigenvalue weighted by atomic mass is 16.7. The first-order chi connectivity index (χ1) is 24.8. The van der Waals surface area contributed by atoms with E-state index in [-0.39, 0.29) is 13.2 Å². The number of esters is 5. The van der Waals surface area contributed by atoms with Crippen molar-refractivity contribution < 1.29 is 76.4 Å². The van der Waals surface area contributed by atoms with Crippen LogP contribution in [0, 0.1) is 0 Å². The maximum absolute atomic E-state index is 12.4.